The lowest BCUT2D eigenvalue weighted by Crippen LogP contribution is -2.23. The van der Waals surface area contributed by atoms with E-state index in [-0.39, 0.29) is 39.7 Å². The van der Waals surface area contributed by atoms with Crippen LogP contribution >= 0.6 is 0 Å². The maximum Gasteiger partial charge on any atom is 0.336 e. The van der Waals surface area contributed by atoms with Crippen LogP contribution in [-0.4, -0.2) is 76.7 Å². The number of nitrogens with one attached hydrogen (secondary N) is 3. The molecule has 0 spiro atoms. The summed E-state index contributed by atoms with van der Waals surface area (Å²) < 4.78 is 1.18. The van der Waals surface area contributed by atoms with E-state index in [1.54, 1.807) is 6.92 Å². The molecule has 0 aliphatic rings. The Bertz CT molecular complexity index is 1920. The van der Waals surface area contributed by atoms with Gasteiger partial charge in [-0.05, 0) is 55.5 Å². The standard InChI is InChI=1S/C28H22N8O9/c1-2-30-24(37)13-7-20(22(33-29)11-31-14-3-5-16(25(38)39)18(9-14)27(42)43)32-21(8-13)23-12-36(35-34-23)15-4-6-17(26(40)41)19(10-15)28(44)45/h3-12,29,31H,2H2,1H3,(H,30,37)(H,38,39)(H,40,41)(H,42,43)(H,44,45)/b22-11-,33-29?. The van der Waals surface area contributed by atoms with E-state index >= 15 is 0 Å². The predicted molar refractivity (Wildman–Crippen MR) is 154 cm³/mol. The summed E-state index contributed by atoms with van der Waals surface area (Å²) in [7, 11) is 0. The number of aromatic nitrogens is 4. The molecule has 45 heavy (non-hydrogen) atoms. The van der Waals surface area contributed by atoms with Crippen molar-refractivity contribution in [3.63, 3.8) is 0 Å². The minimum absolute atomic E-state index is 0.0189. The third-order valence-corrected chi connectivity index (χ3v) is 6.15. The SMILES string of the molecule is CCNC(=O)c1cc(/C(=C/Nc2ccc(C(=O)O)c(C(=O)O)c2)N=N)nc(-c2cn(-c3ccc(C(=O)O)c(C(=O)O)c3)nn2)c1. The molecule has 0 saturated heterocycles. The Morgan fingerprint density at radius 1 is 0.844 bits per heavy atom. The number of nitrogens with zero attached hydrogens (tertiary/aromatic N) is 5. The lowest BCUT2D eigenvalue weighted by atomic mass is 10.1. The van der Waals surface area contributed by atoms with E-state index in [9.17, 15) is 44.4 Å². The highest BCUT2D eigenvalue weighted by Gasteiger charge is 2.20. The van der Waals surface area contributed by atoms with Gasteiger partial charge in [0.05, 0.1) is 45.5 Å². The van der Waals surface area contributed by atoms with E-state index < -0.39 is 52.0 Å². The molecular formula is C28H22N8O9. The second kappa shape index (κ2) is 13.0. The molecule has 0 unspecified atom stereocenters. The van der Waals surface area contributed by atoms with Crippen LogP contribution in [0.2, 0.25) is 0 Å². The molecule has 228 valence electrons. The molecule has 0 aliphatic heterocycles. The summed E-state index contributed by atoms with van der Waals surface area (Å²) in [4.78, 5) is 63.1. The lowest BCUT2D eigenvalue weighted by Gasteiger charge is -2.09. The van der Waals surface area contributed by atoms with Crippen LogP contribution in [0.3, 0.4) is 0 Å². The lowest BCUT2D eigenvalue weighted by molar-refractivity contribution is 0.0651. The molecule has 17 nitrogen and oxygen atoms in total. The minimum Gasteiger partial charge on any atom is -0.478 e. The normalized spacial score (nSPS) is 11.0. The van der Waals surface area contributed by atoms with Gasteiger partial charge in [-0.15, -0.1) is 5.10 Å². The molecule has 2 aromatic carbocycles. The number of rotatable bonds is 12. The number of anilines is 1. The van der Waals surface area contributed by atoms with E-state index in [1.165, 1.54) is 41.3 Å². The van der Waals surface area contributed by atoms with Crippen molar-refractivity contribution in [2.75, 3.05) is 11.9 Å². The zero-order valence-electron chi connectivity index (χ0n) is 23.0. The molecular weight excluding hydrogens is 592 g/mol. The van der Waals surface area contributed by atoms with Crippen LogP contribution in [0.1, 0.15) is 64.4 Å². The number of hydrogen-bond acceptors (Lipinski definition) is 11. The molecule has 0 saturated carbocycles. The molecule has 2 aromatic heterocycles. The molecule has 4 aromatic rings. The second-order valence-corrected chi connectivity index (χ2v) is 9.03. The fraction of sp³-hybridized carbons (Fsp3) is 0.0714. The van der Waals surface area contributed by atoms with Gasteiger partial charge in [0.2, 0.25) is 0 Å². The van der Waals surface area contributed by atoms with Gasteiger partial charge in [0, 0.05) is 24.0 Å². The van der Waals surface area contributed by atoms with Gasteiger partial charge in [0.15, 0.2) is 0 Å². The zero-order chi connectivity index (χ0) is 32.8. The number of pyridine rings is 1. The van der Waals surface area contributed by atoms with Crippen molar-refractivity contribution in [2.45, 2.75) is 6.92 Å². The van der Waals surface area contributed by atoms with Crippen LogP contribution in [0.25, 0.3) is 22.8 Å². The molecule has 0 radical (unpaired) electrons. The van der Waals surface area contributed by atoms with Crippen LogP contribution in [0.15, 0.2) is 66.0 Å². The largest absolute Gasteiger partial charge is 0.478 e. The van der Waals surface area contributed by atoms with Crippen molar-refractivity contribution in [1.29, 1.82) is 5.53 Å². The van der Waals surface area contributed by atoms with Crippen LogP contribution in [0.5, 0.6) is 0 Å². The van der Waals surface area contributed by atoms with Crippen molar-refractivity contribution >= 4 is 41.2 Å². The zero-order valence-corrected chi connectivity index (χ0v) is 23.0. The molecule has 7 N–H and O–H groups in total. The fourth-order valence-electron chi connectivity index (χ4n) is 4.04. The molecule has 0 aliphatic carbocycles. The van der Waals surface area contributed by atoms with E-state index in [0.29, 0.717) is 6.54 Å². The molecule has 2 heterocycles. The van der Waals surface area contributed by atoms with Crippen molar-refractivity contribution in [1.82, 2.24) is 25.3 Å². The van der Waals surface area contributed by atoms with Gasteiger partial charge in [0.25, 0.3) is 5.91 Å². The average molecular weight is 615 g/mol. The summed E-state index contributed by atoms with van der Waals surface area (Å²) in [6.07, 6.45) is 2.57. The third kappa shape index (κ3) is 6.83. The monoisotopic (exact) mass is 614 g/mol. The number of carboxylic acids is 4. The molecule has 0 atom stereocenters. The Morgan fingerprint density at radius 2 is 1.47 bits per heavy atom. The summed E-state index contributed by atoms with van der Waals surface area (Å²) >= 11 is 0. The van der Waals surface area contributed by atoms with Gasteiger partial charge < -0.3 is 31.1 Å². The highest BCUT2D eigenvalue weighted by molar-refractivity contribution is 6.03. The van der Waals surface area contributed by atoms with Crippen LogP contribution in [-0.2, 0) is 0 Å². The smallest absolute Gasteiger partial charge is 0.336 e. The van der Waals surface area contributed by atoms with E-state index in [4.69, 9.17) is 5.53 Å². The van der Waals surface area contributed by atoms with Crippen LogP contribution < -0.4 is 10.6 Å². The number of benzene rings is 2. The van der Waals surface area contributed by atoms with Crippen LogP contribution in [0.4, 0.5) is 5.69 Å². The molecule has 17 heteroatoms. The van der Waals surface area contributed by atoms with Crippen molar-refractivity contribution in [3.8, 4) is 17.1 Å². The minimum atomic E-state index is -1.46. The topological polar surface area (TPSA) is 270 Å². The Morgan fingerprint density at radius 3 is 2.07 bits per heavy atom. The summed E-state index contributed by atoms with van der Waals surface area (Å²) in [5.74, 6) is -6.25. The number of aromatic carboxylic acids is 4. The molecule has 0 fully saturated rings. The van der Waals surface area contributed by atoms with Gasteiger partial charge in [-0.3, -0.25) is 4.79 Å². The van der Waals surface area contributed by atoms with Crippen molar-refractivity contribution in [2.24, 2.45) is 5.11 Å². The first-order valence-electron chi connectivity index (χ1n) is 12.7. The molecule has 4 rings (SSSR count). The van der Waals surface area contributed by atoms with Crippen molar-refractivity contribution in [3.05, 3.63) is 94.4 Å². The number of hydrogen-bond donors (Lipinski definition) is 7. The summed E-state index contributed by atoms with van der Waals surface area (Å²) in [5, 5.41) is 54.2. The van der Waals surface area contributed by atoms with E-state index in [2.05, 4.69) is 31.0 Å². The first-order chi connectivity index (χ1) is 21.4. The maximum absolute atomic E-state index is 12.8. The summed E-state index contributed by atoms with van der Waals surface area (Å²) in [6.45, 7) is 2.01. The second-order valence-electron chi connectivity index (χ2n) is 9.03. The van der Waals surface area contributed by atoms with Gasteiger partial charge in [-0.25, -0.2) is 34.4 Å². The first kappa shape index (κ1) is 31.2. The van der Waals surface area contributed by atoms with Crippen molar-refractivity contribution < 1.29 is 44.4 Å². The highest BCUT2D eigenvalue weighted by atomic mass is 16.4. The van der Waals surface area contributed by atoms with Crippen LogP contribution in [0, 0.1) is 5.53 Å². The average Bonchev–Trinajstić information content (AvgIpc) is 3.51. The predicted octanol–water partition coefficient (Wildman–Crippen LogP) is 3.31. The maximum atomic E-state index is 12.8. The first-order valence-corrected chi connectivity index (χ1v) is 12.7. The van der Waals surface area contributed by atoms with Gasteiger partial charge in [-0.2, -0.15) is 5.11 Å². The number of carbonyl (C=O) groups excluding carboxylic acids is 1. The Hall–Kier alpha value is -6.78. The fourth-order valence-corrected chi connectivity index (χ4v) is 4.04. The Balaban J connectivity index is 1.75. The number of amides is 1. The Kier molecular flexibility index (Phi) is 9.02. The summed E-state index contributed by atoms with van der Waals surface area (Å²) in [6, 6.07) is 9.82. The van der Waals surface area contributed by atoms with Gasteiger partial charge in [0.1, 0.15) is 11.4 Å². The summed E-state index contributed by atoms with van der Waals surface area (Å²) in [5.41, 5.74) is 6.50. The molecule has 0 bridgehead atoms. The third-order valence-electron chi connectivity index (χ3n) is 6.15. The number of carbonyl (C=O) groups is 5. The quantitative estimate of drug-likeness (QED) is 0.113. The van der Waals surface area contributed by atoms with Gasteiger partial charge >= 0.3 is 23.9 Å². The van der Waals surface area contributed by atoms with E-state index in [1.807, 2.05) is 0 Å². The Labute approximate surface area is 252 Å². The van der Waals surface area contributed by atoms with E-state index in [0.717, 1.165) is 24.3 Å². The highest BCUT2D eigenvalue weighted by Crippen LogP contribution is 2.24. The van der Waals surface area contributed by atoms with Gasteiger partial charge in [-0.1, -0.05) is 5.21 Å². The molecule has 1 amide bonds. The number of carboxylic acid groups (broad SMARTS) is 4.